The number of rotatable bonds is 3. The summed E-state index contributed by atoms with van der Waals surface area (Å²) in [6.45, 7) is -0.674. The fraction of sp³-hybridized carbons (Fsp3) is 0.364. The fourth-order valence-electron chi connectivity index (χ4n) is 1.81. The van der Waals surface area contributed by atoms with Crippen LogP contribution in [0.3, 0.4) is 0 Å². The molecule has 10 heteroatoms. The van der Waals surface area contributed by atoms with E-state index in [0.29, 0.717) is 15.9 Å². The Labute approximate surface area is 118 Å². The van der Waals surface area contributed by atoms with E-state index < -0.39 is 36.4 Å². The Kier molecular flexibility index (Phi) is 3.66. The number of carbonyl (C=O) groups is 1. The molecule has 0 atom stereocenters. The Balaban J connectivity index is 2.70. The van der Waals surface area contributed by atoms with E-state index in [1.807, 2.05) is 0 Å². The molecule has 0 saturated heterocycles. The predicted octanol–water partition coefficient (Wildman–Crippen LogP) is 1.41. The standard InChI is InChI=1S/C11H9F3N2O4S/c1-15-7(17)5-4-6(9(18)19)21-8(5)16(10(15)20)3-2-11(12,13)14/h4H,2-3H2,1H3,(H,18,19). The summed E-state index contributed by atoms with van der Waals surface area (Å²) in [5, 5.41) is 8.82. The lowest BCUT2D eigenvalue weighted by Crippen LogP contribution is -2.38. The van der Waals surface area contributed by atoms with Crippen LogP contribution >= 0.6 is 11.3 Å². The molecule has 0 aromatic carbocycles. The molecule has 6 nitrogen and oxygen atoms in total. The van der Waals surface area contributed by atoms with Crippen molar-refractivity contribution in [2.75, 3.05) is 0 Å². The van der Waals surface area contributed by atoms with E-state index in [1.165, 1.54) is 0 Å². The maximum atomic E-state index is 12.3. The molecule has 2 rings (SSSR count). The highest BCUT2D eigenvalue weighted by atomic mass is 32.1. The number of aromatic nitrogens is 2. The van der Waals surface area contributed by atoms with E-state index in [9.17, 15) is 27.6 Å². The second-order valence-electron chi connectivity index (χ2n) is 4.30. The molecule has 0 saturated carbocycles. The normalized spacial score (nSPS) is 12.0. The van der Waals surface area contributed by atoms with Crippen LogP contribution in [0.1, 0.15) is 16.1 Å². The van der Waals surface area contributed by atoms with Crippen molar-refractivity contribution in [2.45, 2.75) is 19.1 Å². The number of aromatic carboxylic acids is 1. The van der Waals surface area contributed by atoms with E-state index >= 15 is 0 Å². The number of nitrogens with zero attached hydrogens (tertiary/aromatic N) is 2. The van der Waals surface area contributed by atoms with Crippen LogP contribution in [0.25, 0.3) is 10.2 Å². The Morgan fingerprint density at radius 1 is 1.38 bits per heavy atom. The van der Waals surface area contributed by atoms with Gasteiger partial charge in [-0.3, -0.25) is 13.9 Å². The van der Waals surface area contributed by atoms with E-state index in [-0.39, 0.29) is 15.1 Å². The molecular weight excluding hydrogens is 313 g/mol. The highest BCUT2D eigenvalue weighted by Crippen LogP contribution is 2.25. The van der Waals surface area contributed by atoms with Crippen molar-refractivity contribution >= 4 is 27.5 Å². The zero-order chi connectivity index (χ0) is 15.9. The van der Waals surface area contributed by atoms with Gasteiger partial charge in [0.05, 0.1) is 11.8 Å². The monoisotopic (exact) mass is 322 g/mol. The third-order valence-corrected chi connectivity index (χ3v) is 3.99. The van der Waals surface area contributed by atoms with Gasteiger partial charge in [-0.1, -0.05) is 0 Å². The summed E-state index contributed by atoms with van der Waals surface area (Å²) in [5.41, 5.74) is -1.64. The largest absolute Gasteiger partial charge is 0.477 e. The molecule has 1 N–H and O–H groups in total. The molecule has 0 unspecified atom stereocenters. The first-order chi connectivity index (χ1) is 9.61. The maximum Gasteiger partial charge on any atom is 0.390 e. The van der Waals surface area contributed by atoms with Crippen molar-refractivity contribution in [3.8, 4) is 0 Å². The lowest BCUT2D eigenvalue weighted by Gasteiger charge is -2.10. The van der Waals surface area contributed by atoms with Crippen LogP contribution in [0.4, 0.5) is 13.2 Å². The number of carboxylic acid groups (broad SMARTS) is 1. The Hall–Kier alpha value is -2.10. The van der Waals surface area contributed by atoms with Crippen LogP contribution in [-0.4, -0.2) is 26.4 Å². The molecule has 114 valence electrons. The van der Waals surface area contributed by atoms with Gasteiger partial charge >= 0.3 is 17.8 Å². The molecule has 0 aliphatic rings. The Bertz CT molecular complexity index is 831. The van der Waals surface area contributed by atoms with E-state index in [4.69, 9.17) is 5.11 Å². The number of hydrogen-bond acceptors (Lipinski definition) is 4. The van der Waals surface area contributed by atoms with Crippen molar-refractivity contribution in [3.05, 3.63) is 31.8 Å². The highest BCUT2D eigenvalue weighted by Gasteiger charge is 2.28. The van der Waals surface area contributed by atoms with E-state index in [0.717, 1.165) is 17.7 Å². The number of fused-ring (bicyclic) bond motifs is 1. The second kappa shape index (κ2) is 5.02. The topological polar surface area (TPSA) is 81.3 Å². The molecule has 0 radical (unpaired) electrons. The predicted molar refractivity (Wildman–Crippen MR) is 69.0 cm³/mol. The van der Waals surface area contributed by atoms with Gasteiger partial charge in [0.1, 0.15) is 9.71 Å². The summed E-state index contributed by atoms with van der Waals surface area (Å²) in [5.74, 6) is -1.31. The summed E-state index contributed by atoms with van der Waals surface area (Å²) in [7, 11) is 1.13. The van der Waals surface area contributed by atoms with Gasteiger partial charge in [-0.2, -0.15) is 13.2 Å². The van der Waals surface area contributed by atoms with Crippen molar-refractivity contribution in [1.29, 1.82) is 0 Å². The molecule has 2 aromatic rings. The van der Waals surface area contributed by atoms with Crippen molar-refractivity contribution in [2.24, 2.45) is 7.05 Å². The quantitative estimate of drug-likeness (QED) is 0.926. The number of halogens is 3. The molecule has 21 heavy (non-hydrogen) atoms. The smallest absolute Gasteiger partial charge is 0.390 e. The van der Waals surface area contributed by atoms with Gasteiger partial charge in [0.25, 0.3) is 5.56 Å². The van der Waals surface area contributed by atoms with Crippen LogP contribution in [-0.2, 0) is 13.6 Å². The fourth-order valence-corrected chi connectivity index (χ4v) is 2.82. The molecule has 0 spiro atoms. The Morgan fingerprint density at radius 2 is 2.00 bits per heavy atom. The molecule has 0 fully saturated rings. The van der Waals surface area contributed by atoms with Gasteiger partial charge in [0.2, 0.25) is 0 Å². The maximum absolute atomic E-state index is 12.3. The minimum atomic E-state index is -4.46. The molecule has 0 bridgehead atoms. The Morgan fingerprint density at radius 3 is 2.52 bits per heavy atom. The molecule has 2 aromatic heterocycles. The molecular formula is C11H9F3N2O4S. The summed E-state index contributed by atoms with van der Waals surface area (Å²) in [4.78, 5) is 34.4. The van der Waals surface area contributed by atoms with Crippen LogP contribution in [0, 0.1) is 0 Å². The SMILES string of the molecule is Cn1c(=O)c2cc(C(=O)O)sc2n(CCC(F)(F)F)c1=O. The zero-order valence-corrected chi connectivity index (χ0v) is 11.4. The number of hydrogen-bond donors (Lipinski definition) is 1. The van der Waals surface area contributed by atoms with Crippen LogP contribution in [0.15, 0.2) is 15.7 Å². The minimum Gasteiger partial charge on any atom is -0.477 e. The lowest BCUT2D eigenvalue weighted by atomic mass is 10.3. The van der Waals surface area contributed by atoms with Gasteiger partial charge in [0, 0.05) is 13.6 Å². The first-order valence-corrected chi connectivity index (χ1v) is 6.47. The number of thiophene rings is 1. The molecule has 0 amide bonds. The average Bonchev–Trinajstić information content (AvgIpc) is 2.80. The van der Waals surface area contributed by atoms with Gasteiger partial charge in [-0.15, -0.1) is 11.3 Å². The van der Waals surface area contributed by atoms with Crippen LogP contribution < -0.4 is 11.2 Å². The number of aryl methyl sites for hydroxylation is 1. The summed E-state index contributed by atoms with van der Waals surface area (Å²) < 4.78 is 38.4. The zero-order valence-electron chi connectivity index (χ0n) is 10.6. The van der Waals surface area contributed by atoms with E-state index in [1.54, 1.807) is 0 Å². The first kappa shape index (κ1) is 15.3. The summed E-state index contributed by atoms with van der Waals surface area (Å²) in [6.07, 6.45) is -5.71. The first-order valence-electron chi connectivity index (χ1n) is 5.65. The molecule has 2 heterocycles. The summed E-state index contributed by atoms with van der Waals surface area (Å²) in [6, 6.07) is 1.06. The third-order valence-electron chi connectivity index (χ3n) is 2.84. The lowest BCUT2D eigenvalue weighted by molar-refractivity contribution is -0.136. The number of alkyl halides is 3. The van der Waals surface area contributed by atoms with Gasteiger partial charge in [-0.25, -0.2) is 9.59 Å². The van der Waals surface area contributed by atoms with Gasteiger partial charge in [-0.05, 0) is 6.07 Å². The van der Waals surface area contributed by atoms with Gasteiger partial charge in [0.15, 0.2) is 0 Å². The highest BCUT2D eigenvalue weighted by molar-refractivity contribution is 7.20. The van der Waals surface area contributed by atoms with Gasteiger partial charge < -0.3 is 5.11 Å². The second-order valence-corrected chi connectivity index (χ2v) is 5.33. The number of carboxylic acids is 1. The van der Waals surface area contributed by atoms with E-state index in [2.05, 4.69) is 0 Å². The molecule has 0 aliphatic heterocycles. The third kappa shape index (κ3) is 2.84. The van der Waals surface area contributed by atoms with Crippen molar-refractivity contribution in [3.63, 3.8) is 0 Å². The van der Waals surface area contributed by atoms with Crippen molar-refractivity contribution < 1.29 is 23.1 Å². The van der Waals surface area contributed by atoms with Crippen LogP contribution in [0.2, 0.25) is 0 Å². The summed E-state index contributed by atoms with van der Waals surface area (Å²) >= 11 is 0.602. The average molecular weight is 322 g/mol. The van der Waals surface area contributed by atoms with Crippen LogP contribution in [0.5, 0.6) is 0 Å². The van der Waals surface area contributed by atoms with Crippen molar-refractivity contribution in [1.82, 2.24) is 9.13 Å². The molecule has 0 aliphatic carbocycles. The minimum absolute atomic E-state index is 0.0650.